The second kappa shape index (κ2) is 3.85. The van der Waals surface area contributed by atoms with Crippen molar-refractivity contribution in [2.75, 3.05) is 6.73 Å². The lowest BCUT2D eigenvalue weighted by molar-refractivity contribution is 0.0325. The third-order valence-electron chi connectivity index (χ3n) is 1.88. The Hall–Kier alpha value is -0.0800. The molecule has 1 aliphatic carbocycles. The molecule has 0 amide bonds. The van der Waals surface area contributed by atoms with Crippen molar-refractivity contribution in [1.29, 1.82) is 0 Å². The molecule has 0 spiro atoms. The SMILES string of the molecule is NCOC1CCCCC1. The van der Waals surface area contributed by atoms with E-state index in [1.54, 1.807) is 0 Å². The van der Waals surface area contributed by atoms with Crippen molar-refractivity contribution in [3.05, 3.63) is 0 Å². The summed E-state index contributed by atoms with van der Waals surface area (Å²) >= 11 is 0. The number of hydrogen-bond donors (Lipinski definition) is 1. The highest BCUT2D eigenvalue weighted by Gasteiger charge is 2.11. The summed E-state index contributed by atoms with van der Waals surface area (Å²) in [7, 11) is 0. The van der Waals surface area contributed by atoms with E-state index < -0.39 is 0 Å². The van der Waals surface area contributed by atoms with Gasteiger partial charge in [0, 0.05) is 0 Å². The molecule has 2 nitrogen and oxygen atoms in total. The molecule has 0 aromatic heterocycles. The molecule has 1 aliphatic rings. The van der Waals surface area contributed by atoms with Gasteiger partial charge >= 0.3 is 0 Å². The first-order valence-corrected chi connectivity index (χ1v) is 3.75. The fourth-order valence-electron chi connectivity index (χ4n) is 1.37. The quantitative estimate of drug-likeness (QED) is 0.569. The molecule has 0 radical (unpaired) electrons. The van der Waals surface area contributed by atoms with Crippen LogP contribution in [0.2, 0.25) is 0 Å². The number of rotatable bonds is 2. The van der Waals surface area contributed by atoms with Gasteiger partial charge < -0.3 is 10.5 Å². The van der Waals surface area contributed by atoms with Crippen LogP contribution < -0.4 is 5.73 Å². The summed E-state index contributed by atoms with van der Waals surface area (Å²) in [6.45, 7) is 0.394. The largest absolute Gasteiger partial charge is 0.363 e. The highest BCUT2D eigenvalue weighted by atomic mass is 16.5. The molecule has 0 atom stereocenters. The van der Waals surface area contributed by atoms with E-state index in [1.807, 2.05) is 0 Å². The topological polar surface area (TPSA) is 35.2 Å². The summed E-state index contributed by atoms with van der Waals surface area (Å²) in [6, 6.07) is 0. The number of hydrogen-bond acceptors (Lipinski definition) is 2. The molecular weight excluding hydrogens is 114 g/mol. The standard InChI is InChI=1S/C7H15NO/c8-6-9-7-4-2-1-3-5-7/h7H,1-6,8H2. The zero-order valence-electron chi connectivity index (χ0n) is 5.81. The van der Waals surface area contributed by atoms with Crippen molar-refractivity contribution < 1.29 is 4.74 Å². The van der Waals surface area contributed by atoms with Gasteiger partial charge in [0.15, 0.2) is 0 Å². The molecule has 1 fully saturated rings. The van der Waals surface area contributed by atoms with Crippen LogP contribution in [-0.4, -0.2) is 12.8 Å². The molecule has 1 rings (SSSR count). The molecule has 0 aliphatic heterocycles. The minimum atomic E-state index is 0.394. The Morgan fingerprint density at radius 2 is 1.89 bits per heavy atom. The number of ether oxygens (including phenoxy) is 1. The fraction of sp³-hybridized carbons (Fsp3) is 1.00. The third kappa shape index (κ3) is 2.33. The van der Waals surface area contributed by atoms with Gasteiger partial charge in [0.25, 0.3) is 0 Å². The van der Waals surface area contributed by atoms with E-state index in [-0.39, 0.29) is 0 Å². The third-order valence-corrected chi connectivity index (χ3v) is 1.88. The van der Waals surface area contributed by atoms with Crippen LogP contribution >= 0.6 is 0 Å². The normalized spacial score (nSPS) is 22.3. The van der Waals surface area contributed by atoms with E-state index in [4.69, 9.17) is 10.5 Å². The highest BCUT2D eigenvalue weighted by Crippen LogP contribution is 2.19. The van der Waals surface area contributed by atoms with Crippen LogP contribution in [-0.2, 0) is 4.74 Å². The Balaban J connectivity index is 2.08. The minimum Gasteiger partial charge on any atom is -0.363 e. The van der Waals surface area contributed by atoms with E-state index in [9.17, 15) is 0 Å². The summed E-state index contributed by atoms with van der Waals surface area (Å²) in [4.78, 5) is 0. The molecule has 0 heterocycles. The zero-order valence-corrected chi connectivity index (χ0v) is 5.81. The van der Waals surface area contributed by atoms with Gasteiger partial charge in [0.2, 0.25) is 0 Å². The molecule has 1 saturated carbocycles. The van der Waals surface area contributed by atoms with Crippen molar-refractivity contribution in [2.24, 2.45) is 5.73 Å². The summed E-state index contributed by atoms with van der Waals surface area (Å²) < 4.78 is 5.26. The van der Waals surface area contributed by atoms with Crippen LogP contribution in [0.15, 0.2) is 0 Å². The fourth-order valence-corrected chi connectivity index (χ4v) is 1.37. The Bertz CT molecular complexity index is 66.6. The molecule has 9 heavy (non-hydrogen) atoms. The van der Waals surface area contributed by atoms with Crippen molar-refractivity contribution in [1.82, 2.24) is 0 Å². The molecule has 0 bridgehead atoms. The van der Waals surface area contributed by atoms with Crippen LogP contribution in [0.4, 0.5) is 0 Å². The van der Waals surface area contributed by atoms with E-state index in [0.717, 1.165) is 0 Å². The minimum absolute atomic E-state index is 0.394. The molecule has 0 unspecified atom stereocenters. The maximum atomic E-state index is 5.26. The lowest BCUT2D eigenvalue weighted by atomic mass is 9.98. The van der Waals surface area contributed by atoms with Crippen molar-refractivity contribution in [3.8, 4) is 0 Å². The first-order valence-electron chi connectivity index (χ1n) is 3.75. The predicted octanol–water partition coefficient (Wildman–Crippen LogP) is 1.25. The van der Waals surface area contributed by atoms with E-state index in [0.29, 0.717) is 12.8 Å². The van der Waals surface area contributed by atoms with Crippen molar-refractivity contribution in [2.45, 2.75) is 38.2 Å². The van der Waals surface area contributed by atoms with E-state index in [1.165, 1.54) is 32.1 Å². The van der Waals surface area contributed by atoms with Gasteiger partial charge in [0.1, 0.15) is 0 Å². The van der Waals surface area contributed by atoms with Gasteiger partial charge in [-0.3, -0.25) is 0 Å². The molecule has 54 valence electrons. The van der Waals surface area contributed by atoms with Crippen LogP contribution in [0.5, 0.6) is 0 Å². The van der Waals surface area contributed by atoms with Gasteiger partial charge in [-0.05, 0) is 12.8 Å². The van der Waals surface area contributed by atoms with Gasteiger partial charge in [-0.15, -0.1) is 0 Å². The van der Waals surface area contributed by atoms with Crippen LogP contribution in [0.25, 0.3) is 0 Å². The lowest BCUT2D eigenvalue weighted by Gasteiger charge is -2.20. The van der Waals surface area contributed by atoms with Crippen LogP contribution in [0, 0.1) is 0 Å². The first kappa shape index (κ1) is 7.03. The predicted molar refractivity (Wildman–Crippen MR) is 37.0 cm³/mol. The maximum absolute atomic E-state index is 5.26. The molecular formula is C7H15NO. The second-order valence-corrected chi connectivity index (χ2v) is 2.59. The summed E-state index contributed by atoms with van der Waals surface area (Å²) in [6.07, 6.45) is 6.94. The highest BCUT2D eigenvalue weighted by molar-refractivity contribution is 4.64. The smallest absolute Gasteiger partial charge is 0.0944 e. The summed E-state index contributed by atoms with van der Waals surface area (Å²) in [5.74, 6) is 0. The van der Waals surface area contributed by atoms with Crippen LogP contribution in [0.1, 0.15) is 32.1 Å². The van der Waals surface area contributed by atoms with E-state index in [2.05, 4.69) is 0 Å². The Morgan fingerprint density at radius 3 is 2.44 bits per heavy atom. The molecule has 0 aromatic carbocycles. The first-order chi connectivity index (χ1) is 4.43. The van der Waals surface area contributed by atoms with Crippen LogP contribution in [0.3, 0.4) is 0 Å². The van der Waals surface area contributed by atoms with Crippen molar-refractivity contribution >= 4 is 0 Å². The molecule has 0 saturated heterocycles. The Morgan fingerprint density at radius 1 is 1.22 bits per heavy atom. The average Bonchev–Trinajstić information content (AvgIpc) is 1.91. The van der Waals surface area contributed by atoms with Gasteiger partial charge in [-0.1, -0.05) is 19.3 Å². The van der Waals surface area contributed by atoms with Gasteiger partial charge in [-0.25, -0.2) is 0 Å². The lowest BCUT2D eigenvalue weighted by Crippen LogP contribution is -2.20. The second-order valence-electron chi connectivity index (χ2n) is 2.59. The van der Waals surface area contributed by atoms with Crippen molar-refractivity contribution in [3.63, 3.8) is 0 Å². The molecule has 2 heteroatoms. The molecule has 2 N–H and O–H groups in total. The maximum Gasteiger partial charge on any atom is 0.0944 e. The number of nitrogens with two attached hydrogens (primary N) is 1. The zero-order chi connectivity index (χ0) is 6.53. The molecule has 0 aromatic rings. The summed E-state index contributed by atoms with van der Waals surface area (Å²) in [5, 5.41) is 0. The monoisotopic (exact) mass is 129 g/mol. The van der Waals surface area contributed by atoms with E-state index >= 15 is 0 Å². The van der Waals surface area contributed by atoms with Gasteiger partial charge in [-0.2, -0.15) is 0 Å². The Kier molecular flexibility index (Phi) is 3.01. The van der Waals surface area contributed by atoms with Gasteiger partial charge in [0.05, 0.1) is 12.8 Å². The average molecular weight is 129 g/mol. The Labute approximate surface area is 56.4 Å². The summed E-state index contributed by atoms with van der Waals surface area (Å²) in [5.41, 5.74) is 5.24.